The van der Waals surface area contributed by atoms with Gasteiger partial charge in [-0.15, -0.1) is 11.3 Å². The van der Waals surface area contributed by atoms with Crippen LogP contribution >= 0.6 is 11.3 Å². The SMILES string of the molecule is CCOC1CCC(n2cc(NC(=O)c3csc(-c4cnn(COC(=O)c5ccc(CN6CCOCC6)cc5)c4)n3)c(-c3nc(F)ccc3F)n2)CC1. The Hall–Kier alpha value is -4.90. The second-order valence-corrected chi connectivity index (χ2v) is 13.5. The number of anilines is 1. The van der Waals surface area contributed by atoms with Crippen LogP contribution < -0.4 is 5.32 Å². The van der Waals surface area contributed by atoms with Crippen molar-refractivity contribution in [1.82, 2.24) is 34.4 Å². The molecule has 0 bridgehead atoms. The van der Waals surface area contributed by atoms with Crippen molar-refractivity contribution in [2.45, 2.75) is 58.0 Å². The molecule has 5 heterocycles. The first-order valence-corrected chi connectivity index (χ1v) is 18.1. The maximum absolute atomic E-state index is 14.9. The number of halogens is 2. The molecule has 1 aliphatic carbocycles. The first-order chi connectivity index (χ1) is 25.3. The number of carbonyl (C=O) groups excluding carboxylic acids is 2. The third-order valence-corrected chi connectivity index (χ3v) is 9.97. The number of aromatic nitrogens is 6. The van der Waals surface area contributed by atoms with Gasteiger partial charge in [-0.1, -0.05) is 12.1 Å². The molecule has 0 spiro atoms. The highest BCUT2D eigenvalue weighted by Crippen LogP contribution is 2.35. The first-order valence-electron chi connectivity index (χ1n) is 17.2. The molecule has 2 aliphatic rings. The lowest BCUT2D eigenvalue weighted by Gasteiger charge is -2.28. The number of amides is 1. The van der Waals surface area contributed by atoms with Crippen LogP contribution in [0.4, 0.5) is 14.5 Å². The Labute approximate surface area is 302 Å². The summed E-state index contributed by atoms with van der Waals surface area (Å²) >= 11 is 1.23. The molecule has 2 fully saturated rings. The van der Waals surface area contributed by atoms with Gasteiger partial charge >= 0.3 is 5.97 Å². The summed E-state index contributed by atoms with van der Waals surface area (Å²) < 4.78 is 48.8. The summed E-state index contributed by atoms with van der Waals surface area (Å²) in [6.45, 7) is 6.51. The van der Waals surface area contributed by atoms with Gasteiger partial charge in [0.05, 0.1) is 42.8 Å². The van der Waals surface area contributed by atoms with E-state index in [0.29, 0.717) is 22.7 Å². The van der Waals surface area contributed by atoms with Crippen LogP contribution in [0.15, 0.2) is 60.4 Å². The monoisotopic (exact) mass is 732 g/mol. The lowest BCUT2D eigenvalue weighted by atomic mass is 9.93. The molecule has 0 unspecified atom stereocenters. The van der Waals surface area contributed by atoms with Crippen molar-refractivity contribution >= 4 is 28.9 Å². The number of hydrogen-bond acceptors (Lipinski definition) is 11. The highest BCUT2D eigenvalue weighted by Gasteiger charge is 2.27. The third kappa shape index (κ3) is 8.41. The minimum atomic E-state index is -0.867. The zero-order chi connectivity index (χ0) is 36.0. The average Bonchev–Trinajstić information content (AvgIpc) is 3.94. The molecule has 7 rings (SSSR count). The van der Waals surface area contributed by atoms with Crippen LogP contribution in [0, 0.1) is 11.8 Å². The zero-order valence-electron chi connectivity index (χ0n) is 28.5. The molecule has 5 aromatic rings. The van der Waals surface area contributed by atoms with E-state index in [4.69, 9.17) is 14.2 Å². The number of thiazole rings is 1. The van der Waals surface area contributed by atoms with Gasteiger partial charge in [0.2, 0.25) is 5.95 Å². The number of rotatable bonds is 12. The van der Waals surface area contributed by atoms with E-state index in [9.17, 15) is 18.4 Å². The Balaban J connectivity index is 0.990. The Morgan fingerprint density at radius 3 is 2.56 bits per heavy atom. The van der Waals surface area contributed by atoms with Gasteiger partial charge in [-0.2, -0.15) is 14.6 Å². The van der Waals surface area contributed by atoms with Crippen molar-refractivity contribution in [2.75, 3.05) is 38.2 Å². The van der Waals surface area contributed by atoms with Crippen molar-refractivity contribution in [2.24, 2.45) is 0 Å². The van der Waals surface area contributed by atoms with Crippen LogP contribution in [-0.2, 0) is 27.5 Å². The molecule has 1 saturated carbocycles. The van der Waals surface area contributed by atoms with Gasteiger partial charge in [0.25, 0.3) is 5.91 Å². The number of esters is 1. The highest BCUT2D eigenvalue weighted by atomic mass is 32.1. The van der Waals surface area contributed by atoms with E-state index in [1.54, 1.807) is 40.8 Å². The molecular weight excluding hydrogens is 695 g/mol. The second kappa shape index (κ2) is 16.2. The number of nitrogens with one attached hydrogen (secondary N) is 1. The number of pyridine rings is 1. The summed E-state index contributed by atoms with van der Waals surface area (Å²) in [4.78, 5) is 36.7. The first kappa shape index (κ1) is 35.5. The van der Waals surface area contributed by atoms with Crippen LogP contribution in [0.5, 0.6) is 0 Å². The van der Waals surface area contributed by atoms with Crippen molar-refractivity contribution in [3.63, 3.8) is 0 Å². The molecule has 0 radical (unpaired) electrons. The summed E-state index contributed by atoms with van der Waals surface area (Å²) in [6, 6.07) is 9.25. The predicted octanol–water partition coefficient (Wildman–Crippen LogP) is 5.96. The van der Waals surface area contributed by atoms with E-state index in [-0.39, 0.29) is 41.6 Å². The van der Waals surface area contributed by atoms with Crippen LogP contribution in [0.1, 0.15) is 65.1 Å². The summed E-state index contributed by atoms with van der Waals surface area (Å²) in [6.07, 6.45) is 8.28. The molecule has 1 aliphatic heterocycles. The number of ether oxygens (including phenoxy) is 3. The molecule has 1 N–H and O–H groups in total. The van der Waals surface area contributed by atoms with E-state index in [1.807, 2.05) is 19.1 Å². The van der Waals surface area contributed by atoms with E-state index >= 15 is 0 Å². The molecule has 272 valence electrons. The van der Waals surface area contributed by atoms with Crippen molar-refractivity contribution in [3.8, 4) is 22.0 Å². The van der Waals surface area contributed by atoms with Gasteiger partial charge in [-0.25, -0.2) is 23.8 Å². The fourth-order valence-corrected chi connectivity index (χ4v) is 7.13. The number of benzene rings is 1. The van der Waals surface area contributed by atoms with Crippen LogP contribution in [0.25, 0.3) is 22.0 Å². The topological polar surface area (TPSA) is 139 Å². The Morgan fingerprint density at radius 2 is 1.79 bits per heavy atom. The molecule has 16 heteroatoms. The van der Waals surface area contributed by atoms with E-state index < -0.39 is 23.6 Å². The lowest BCUT2D eigenvalue weighted by molar-refractivity contribution is 0.0260. The molecule has 1 aromatic carbocycles. The largest absolute Gasteiger partial charge is 0.439 e. The normalized spacial score (nSPS) is 18.0. The molecular formula is C36H38F2N8O5S. The summed E-state index contributed by atoms with van der Waals surface area (Å²) in [5.74, 6) is -2.67. The minimum absolute atomic E-state index is 0.00876. The fraction of sp³-hybridized carbons (Fsp3) is 0.389. The van der Waals surface area contributed by atoms with Crippen LogP contribution in [-0.4, -0.2) is 85.3 Å². The molecule has 1 amide bonds. The second-order valence-electron chi connectivity index (χ2n) is 12.6. The quantitative estimate of drug-likeness (QED) is 0.121. The molecule has 52 heavy (non-hydrogen) atoms. The average molecular weight is 733 g/mol. The molecule has 4 aromatic heterocycles. The van der Waals surface area contributed by atoms with E-state index in [1.165, 1.54) is 16.0 Å². The van der Waals surface area contributed by atoms with E-state index in [2.05, 4.69) is 30.4 Å². The van der Waals surface area contributed by atoms with Crippen molar-refractivity contribution < 1.29 is 32.6 Å². The van der Waals surface area contributed by atoms with Gasteiger partial charge in [0, 0.05) is 49.6 Å². The Bertz CT molecular complexity index is 2000. The molecule has 1 saturated heterocycles. The number of nitrogens with zero attached hydrogens (tertiary/aromatic N) is 7. The Morgan fingerprint density at radius 1 is 1.00 bits per heavy atom. The van der Waals surface area contributed by atoms with Gasteiger partial charge in [0.1, 0.15) is 22.1 Å². The minimum Gasteiger partial charge on any atom is -0.439 e. The van der Waals surface area contributed by atoms with Gasteiger partial charge in [-0.3, -0.25) is 14.4 Å². The third-order valence-electron chi connectivity index (χ3n) is 9.08. The summed E-state index contributed by atoms with van der Waals surface area (Å²) in [7, 11) is 0. The van der Waals surface area contributed by atoms with Crippen LogP contribution in [0.3, 0.4) is 0 Å². The predicted molar refractivity (Wildman–Crippen MR) is 188 cm³/mol. The summed E-state index contributed by atoms with van der Waals surface area (Å²) in [5, 5.41) is 13.7. The van der Waals surface area contributed by atoms with Gasteiger partial charge < -0.3 is 19.5 Å². The standard InChI is InChI=1S/C36H38F2N8O5S/c1-2-50-27-9-7-26(8-10-27)46-20-29(33(43-46)32-28(37)11-12-31(38)42-32)40-34(47)30-21-52-35(41-30)25-17-39-45(19-25)22-51-36(48)24-5-3-23(4-6-24)18-44-13-15-49-16-14-44/h3-6,11-12,17,19-21,26-27H,2,7-10,13-16,18,22H2,1H3,(H,40,47). The van der Waals surface area contributed by atoms with E-state index in [0.717, 1.165) is 76.2 Å². The molecule has 13 nitrogen and oxygen atoms in total. The van der Waals surface area contributed by atoms with Gasteiger partial charge in [0.15, 0.2) is 12.5 Å². The number of morpholine rings is 1. The van der Waals surface area contributed by atoms with Crippen molar-refractivity contribution in [3.05, 3.63) is 89.0 Å². The highest BCUT2D eigenvalue weighted by molar-refractivity contribution is 7.13. The van der Waals surface area contributed by atoms with Crippen LogP contribution in [0.2, 0.25) is 0 Å². The van der Waals surface area contributed by atoms with Gasteiger partial charge in [-0.05, 0) is 62.4 Å². The summed E-state index contributed by atoms with van der Waals surface area (Å²) in [5.41, 5.74) is 2.18. The fourth-order valence-electron chi connectivity index (χ4n) is 6.36. The zero-order valence-corrected chi connectivity index (χ0v) is 29.4. The lowest BCUT2D eigenvalue weighted by Crippen LogP contribution is -2.35. The smallest absolute Gasteiger partial charge is 0.339 e. The maximum Gasteiger partial charge on any atom is 0.339 e. The number of hydrogen-bond donors (Lipinski definition) is 1. The van der Waals surface area contributed by atoms with Crippen molar-refractivity contribution in [1.29, 1.82) is 0 Å². The Kier molecular flexibility index (Phi) is 11.1. The molecule has 0 atom stereocenters. The number of carbonyl (C=O) groups is 2. The maximum atomic E-state index is 14.9.